The number of aromatic nitrogens is 1. The molecule has 0 spiro atoms. The van der Waals surface area contributed by atoms with Gasteiger partial charge >= 0.3 is 0 Å². The zero-order valence-corrected chi connectivity index (χ0v) is 21.1. The van der Waals surface area contributed by atoms with Crippen LogP contribution in [0.3, 0.4) is 0 Å². The summed E-state index contributed by atoms with van der Waals surface area (Å²) in [5.74, 6) is 0.686. The van der Waals surface area contributed by atoms with Crippen LogP contribution in [0.1, 0.15) is 50.3 Å². The van der Waals surface area contributed by atoms with E-state index in [2.05, 4.69) is 29.8 Å². The van der Waals surface area contributed by atoms with E-state index < -0.39 is 0 Å². The lowest BCUT2D eigenvalue weighted by Gasteiger charge is -2.36. The van der Waals surface area contributed by atoms with Gasteiger partial charge < -0.3 is 9.80 Å². The molecule has 0 atom stereocenters. The molecule has 0 aromatic carbocycles. The fourth-order valence-corrected chi connectivity index (χ4v) is 5.59. The van der Waals surface area contributed by atoms with E-state index in [-0.39, 0.29) is 23.1 Å². The van der Waals surface area contributed by atoms with E-state index in [0.29, 0.717) is 21.3 Å². The van der Waals surface area contributed by atoms with Gasteiger partial charge in [-0.15, -0.1) is 0 Å². The summed E-state index contributed by atoms with van der Waals surface area (Å²) in [4.78, 5) is 33.0. The molecular formula is C23H31N5O2S2. The Morgan fingerprint density at radius 1 is 1.22 bits per heavy atom. The number of thiocarbonyl (C=S) groups is 1. The summed E-state index contributed by atoms with van der Waals surface area (Å²) in [6, 6.07) is 2.08. The number of hydrogen-bond acceptors (Lipinski definition) is 7. The van der Waals surface area contributed by atoms with Crippen molar-refractivity contribution in [2.24, 2.45) is 0 Å². The van der Waals surface area contributed by atoms with Crippen LogP contribution in [0.5, 0.6) is 0 Å². The number of likely N-dealkylation sites (N-methyl/N-ethyl adjacent to an activating group) is 1. The van der Waals surface area contributed by atoms with Crippen molar-refractivity contribution in [1.29, 1.82) is 5.26 Å². The third-order valence-corrected chi connectivity index (χ3v) is 7.33. The number of thioether (sulfide) groups is 1. The molecule has 1 amide bonds. The monoisotopic (exact) mass is 473 g/mol. The Kier molecular flexibility index (Phi) is 7.80. The molecule has 0 radical (unpaired) electrons. The van der Waals surface area contributed by atoms with Gasteiger partial charge in [-0.25, -0.2) is 0 Å². The van der Waals surface area contributed by atoms with Crippen molar-refractivity contribution in [3.63, 3.8) is 0 Å². The second kappa shape index (κ2) is 10.2. The SMILES string of the molecule is CCCCn1c(N2CCN(C)CC2)c(/C=C2/SC(=S)N(C(C)C)C2=O)c(C)c(C#N)c1=O. The molecule has 0 saturated carbocycles. The number of rotatable bonds is 6. The van der Waals surface area contributed by atoms with Crippen LogP contribution >= 0.6 is 24.0 Å². The van der Waals surface area contributed by atoms with Crippen LogP contribution in [0.15, 0.2) is 9.70 Å². The van der Waals surface area contributed by atoms with Gasteiger partial charge in [0.05, 0.1) is 4.91 Å². The van der Waals surface area contributed by atoms with Crippen molar-refractivity contribution in [1.82, 2.24) is 14.4 Å². The number of unbranched alkanes of at least 4 members (excludes halogenated alkanes) is 1. The molecule has 2 aliphatic heterocycles. The molecule has 9 heteroatoms. The van der Waals surface area contributed by atoms with Gasteiger partial charge in [0.15, 0.2) is 0 Å². The number of pyridine rings is 1. The van der Waals surface area contributed by atoms with Crippen LogP contribution < -0.4 is 10.5 Å². The minimum Gasteiger partial charge on any atom is -0.355 e. The van der Waals surface area contributed by atoms with Gasteiger partial charge in [-0.2, -0.15) is 5.26 Å². The molecule has 7 nitrogen and oxygen atoms in total. The lowest BCUT2D eigenvalue weighted by molar-refractivity contribution is -0.123. The van der Waals surface area contributed by atoms with Gasteiger partial charge in [-0.3, -0.25) is 19.1 Å². The number of nitriles is 1. The van der Waals surface area contributed by atoms with Crippen LogP contribution in [-0.2, 0) is 11.3 Å². The summed E-state index contributed by atoms with van der Waals surface area (Å²) in [5.41, 5.74) is 1.28. The van der Waals surface area contributed by atoms with E-state index in [0.717, 1.165) is 50.4 Å². The fourth-order valence-electron chi connectivity index (χ4n) is 4.08. The first-order valence-electron chi connectivity index (χ1n) is 11.1. The van der Waals surface area contributed by atoms with E-state index in [9.17, 15) is 14.9 Å². The van der Waals surface area contributed by atoms with Gasteiger partial charge in [0.25, 0.3) is 11.5 Å². The molecule has 0 unspecified atom stereocenters. The molecule has 2 fully saturated rings. The van der Waals surface area contributed by atoms with Crippen molar-refractivity contribution < 1.29 is 4.79 Å². The molecule has 32 heavy (non-hydrogen) atoms. The number of anilines is 1. The number of carbonyl (C=O) groups excluding carboxylic acids is 1. The summed E-state index contributed by atoms with van der Waals surface area (Å²) in [7, 11) is 2.09. The average Bonchev–Trinajstić information content (AvgIpc) is 3.03. The molecule has 1 aromatic rings. The molecule has 1 aromatic heterocycles. The summed E-state index contributed by atoms with van der Waals surface area (Å²) in [6.45, 7) is 11.6. The van der Waals surface area contributed by atoms with Crippen molar-refractivity contribution in [2.45, 2.75) is 53.1 Å². The number of nitrogens with zero attached hydrogens (tertiary/aromatic N) is 5. The number of carbonyl (C=O) groups is 1. The second-order valence-corrected chi connectivity index (χ2v) is 10.3. The van der Waals surface area contributed by atoms with Crippen molar-refractivity contribution in [2.75, 3.05) is 38.1 Å². The zero-order valence-electron chi connectivity index (χ0n) is 19.5. The number of amides is 1. The second-order valence-electron chi connectivity index (χ2n) is 8.60. The van der Waals surface area contributed by atoms with Gasteiger partial charge in [-0.1, -0.05) is 37.3 Å². The van der Waals surface area contributed by atoms with E-state index in [1.54, 1.807) is 16.4 Å². The summed E-state index contributed by atoms with van der Waals surface area (Å²) >= 11 is 6.73. The third kappa shape index (κ3) is 4.63. The minimum absolute atomic E-state index is 0.0280. The Bertz CT molecular complexity index is 1050. The van der Waals surface area contributed by atoms with Gasteiger partial charge in [0.1, 0.15) is 21.8 Å². The highest BCUT2D eigenvalue weighted by Gasteiger charge is 2.35. The third-order valence-electron chi connectivity index (χ3n) is 6.00. The molecule has 0 N–H and O–H groups in total. The molecule has 2 saturated heterocycles. The fraction of sp³-hybridized carbons (Fsp3) is 0.565. The molecule has 3 rings (SSSR count). The largest absolute Gasteiger partial charge is 0.355 e. The Hall–Kier alpha value is -2.15. The highest BCUT2D eigenvalue weighted by atomic mass is 32.2. The van der Waals surface area contributed by atoms with E-state index in [1.165, 1.54) is 11.8 Å². The van der Waals surface area contributed by atoms with Crippen LogP contribution in [0.2, 0.25) is 0 Å². The lowest BCUT2D eigenvalue weighted by Crippen LogP contribution is -2.47. The van der Waals surface area contributed by atoms with Gasteiger partial charge in [0.2, 0.25) is 0 Å². The van der Waals surface area contributed by atoms with E-state index in [1.807, 2.05) is 19.9 Å². The van der Waals surface area contributed by atoms with Crippen LogP contribution in [0.25, 0.3) is 6.08 Å². The van der Waals surface area contributed by atoms with Crippen molar-refractivity contribution >= 4 is 46.1 Å². The Morgan fingerprint density at radius 3 is 2.41 bits per heavy atom. The van der Waals surface area contributed by atoms with E-state index in [4.69, 9.17) is 12.2 Å². The highest BCUT2D eigenvalue weighted by Crippen LogP contribution is 2.37. The zero-order chi connectivity index (χ0) is 23.6. The highest BCUT2D eigenvalue weighted by molar-refractivity contribution is 8.26. The first-order valence-corrected chi connectivity index (χ1v) is 12.3. The molecule has 0 aliphatic carbocycles. The predicted molar refractivity (Wildman–Crippen MR) is 135 cm³/mol. The van der Waals surface area contributed by atoms with Crippen LogP contribution in [-0.4, -0.2) is 63.9 Å². The molecule has 0 bridgehead atoms. The average molecular weight is 474 g/mol. The summed E-state index contributed by atoms with van der Waals surface area (Å²) in [5, 5.41) is 9.77. The smallest absolute Gasteiger partial charge is 0.270 e. The van der Waals surface area contributed by atoms with E-state index >= 15 is 0 Å². The first kappa shape index (κ1) is 24.5. The van der Waals surface area contributed by atoms with Crippen molar-refractivity contribution in [3.05, 3.63) is 31.9 Å². The Balaban J connectivity index is 2.24. The maximum absolute atomic E-state index is 13.3. The topological polar surface area (TPSA) is 72.6 Å². The number of piperazine rings is 1. The Morgan fingerprint density at radius 2 is 1.88 bits per heavy atom. The van der Waals surface area contributed by atoms with Gasteiger partial charge in [-0.05, 0) is 45.9 Å². The first-order chi connectivity index (χ1) is 15.2. The molecule has 2 aliphatic rings. The van der Waals surface area contributed by atoms with Crippen LogP contribution in [0.4, 0.5) is 5.82 Å². The number of hydrogen-bond donors (Lipinski definition) is 0. The molecule has 172 valence electrons. The quantitative estimate of drug-likeness (QED) is 0.464. The van der Waals surface area contributed by atoms with Crippen LogP contribution in [0, 0.1) is 18.3 Å². The maximum Gasteiger partial charge on any atom is 0.270 e. The molecule has 3 heterocycles. The summed E-state index contributed by atoms with van der Waals surface area (Å²) in [6.07, 6.45) is 3.61. The Labute approximate surface area is 199 Å². The molecular weight excluding hydrogens is 442 g/mol. The summed E-state index contributed by atoms with van der Waals surface area (Å²) < 4.78 is 2.28. The van der Waals surface area contributed by atoms with Crippen molar-refractivity contribution in [3.8, 4) is 6.07 Å². The predicted octanol–water partition coefficient (Wildman–Crippen LogP) is 3.19. The normalized spacial score (nSPS) is 18.8. The maximum atomic E-state index is 13.3. The minimum atomic E-state index is -0.251. The lowest BCUT2D eigenvalue weighted by atomic mass is 10.0. The van der Waals surface area contributed by atoms with Gasteiger partial charge in [0, 0.05) is 44.3 Å². The standard InChI is InChI=1S/C23H31N5O2S2/c1-6-7-8-27-20(26-11-9-25(5)10-12-26)17(16(4)18(14-24)21(27)29)13-19-22(30)28(15(2)3)23(31)32-19/h13,15H,6-12H2,1-5H3/b19-13+.